The smallest absolute Gasteiger partial charge is 0.243 e. The number of thioether (sulfide) groups is 1. The summed E-state index contributed by atoms with van der Waals surface area (Å²) in [6.45, 7) is 2.72. The van der Waals surface area contributed by atoms with Crippen LogP contribution >= 0.6 is 11.8 Å². The fourth-order valence-corrected chi connectivity index (χ4v) is 5.60. The van der Waals surface area contributed by atoms with Crippen molar-refractivity contribution in [3.63, 3.8) is 0 Å². The molecule has 0 saturated carbocycles. The van der Waals surface area contributed by atoms with E-state index in [0.29, 0.717) is 18.7 Å². The monoisotopic (exact) mass is 497 g/mol. The van der Waals surface area contributed by atoms with E-state index >= 15 is 0 Å². The van der Waals surface area contributed by atoms with Gasteiger partial charge in [-0.15, -0.1) is 11.8 Å². The molecule has 1 N–H and O–H groups in total. The zero-order valence-electron chi connectivity index (χ0n) is 18.0. The molecule has 0 spiro atoms. The van der Waals surface area contributed by atoms with Crippen LogP contribution in [0.5, 0.6) is 0 Å². The number of carbonyl (C=O) groups excluding carboxylic acids is 2. The second kappa shape index (κ2) is 11.1. The molecular weight excluding hydrogens is 472 g/mol. The van der Waals surface area contributed by atoms with Gasteiger partial charge < -0.3 is 10.2 Å². The predicted octanol–water partition coefficient (Wildman–Crippen LogP) is 2.95. The van der Waals surface area contributed by atoms with Crippen LogP contribution in [0.2, 0.25) is 0 Å². The van der Waals surface area contributed by atoms with Crippen molar-refractivity contribution >= 4 is 39.3 Å². The third-order valence-corrected chi connectivity index (χ3v) is 8.20. The fourth-order valence-electron chi connectivity index (χ4n) is 3.37. The average molecular weight is 498 g/mol. The first-order valence-corrected chi connectivity index (χ1v) is 12.9. The van der Waals surface area contributed by atoms with Gasteiger partial charge in [0.25, 0.3) is 0 Å². The number of rotatable bonds is 7. The quantitative estimate of drug-likeness (QED) is 0.636. The van der Waals surface area contributed by atoms with Crippen LogP contribution in [-0.4, -0.2) is 66.6 Å². The first kappa shape index (κ1) is 25.1. The van der Waals surface area contributed by atoms with Gasteiger partial charge >= 0.3 is 0 Å². The van der Waals surface area contributed by atoms with Crippen molar-refractivity contribution in [2.45, 2.75) is 23.5 Å². The van der Waals surface area contributed by atoms with E-state index in [1.54, 1.807) is 11.8 Å². The van der Waals surface area contributed by atoms with Gasteiger partial charge in [0, 0.05) is 31.9 Å². The van der Waals surface area contributed by atoms with Gasteiger partial charge in [-0.25, -0.2) is 17.2 Å². The number of anilines is 1. The number of hydrogen-bond donors (Lipinski definition) is 1. The summed E-state index contributed by atoms with van der Waals surface area (Å²) in [4.78, 5) is 26.6. The molecule has 0 aromatic heterocycles. The van der Waals surface area contributed by atoms with Crippen LogP contribution < -0.4 is 5.32 Å². The summed E-state index contributed by atoms with van der Waals surface area (Å²) in [5.74, 6) is -1.35. The number of nitrogens with zero attached hydrogens (tertiary/aromatic N) is 2. The number of nitrogens with one attached hydrogen (secondary N) is 1. The Hall–Kier alpha value is -2.50. The highest BCUT2D eigenvalue weighted by Crippen LogP contribution is 2.20. The average Bonchev–Trinajstić information content (AvgIpc) is 3.06. The minimum atomic E-state index is -3.78. The molecule has 0 bridgehead atoms. The zero-order valence-corrected chi connectivity index (χ0v) is 19.7. The topological polar surface area (TPSA) is 86.8 Å². The van der Waals surface area contributed by atoms with Gasteiger partial charge in [-0.3, -0.25) is 9.59 Å². The molecule has 2 aromatic rings. The second-order valence-corrected chi connectivity index (χ2v) is 10.8. The molecule has 1 fully saturated rings. The molecular formula is C22H25F2N3O4S2. The van der Waals surface area contributed by atoms with Crippen molar-refractivity contribution in [2.75, 3.05) is 37.2 Å². The number of sulfonamides is 1. The third kappa shape index (κ3) is 6.75. The molecule has 1 heterocycles. The van der Waals surface area contributed by atoms with Crippen molar-refractivity contribution < 1.29 is 26.8 Å². The summed E-state index contributed by atoms with van der Waals surface area (Å²) < 4.78 is 53.1. The van der Waals surface area contributed by atoms with Crippen molar-refractivity contribution in [1.82, 2.24) is 9.21 Å². The van der Waals surface area contributed by atoms with Gasteiger partial charge in [0.15, 0.2) is 0 Å². The SMILES string of the molecule is CC(SCC(=O)Nc1ccc(F)cc1)C(=O)N1CCCN(S(=O)(=O)c2ccc(F)cc2)CC1. The van der Waals surface area contributed by atoms with Crippen molar-refractivity contribution in [3.8, 4) is 0 Å². The third-order valence-electron chi connectivity index (χ3n) is 5.16. The minimum Gasteiger partial charge on any atom is -0.340 e. The lowest BCUT2D eigenvalue weighted by Gasteiger charge is -2.24. The Morgan fingerprint density at radius 1 is 0.970 bits per heavy atom. The maximum Gasteiger partial charge on any atom is 0.243 e. The van der Waals surface area contributed by atoms with Gasteiger partial charge in [-0.1, -0.05) is 0 Å². The Labute approximate surface area is 196 Å². The molecule has 0 aliphatic carbocycles. The Morgan fingerprint density at radius 2 is 1.58 bits per heavy atom. The summed E-state index contributed by atoms with van der Waals surface area (Å²) in [5.41, 5.74) is 0.468. The molecule has 3 rings (SSSR count). The fraction of sp³-hybridized carbons (Fsp3) is 0.364. The van der Waals surface area contributed by atoms with Crippen molar-refractivity contribution in [1.29, 1.82) is 0 Å². The maximum absolute atomic E-state index is 13.1. The Morgan fingerprint density at radius 3 is 2.21 bits per heavy atom. The van der Waals surface area contributed by atoms with Crippen LogP contribution in [-0.2, 0) is 19.6 Å². The van der Waals surface area contributed by atoms with Crippen LogP contribution in [0.15, 0.2) is 53.4 Å². The van der Waals surface area contributed by atoms with Gasteiger partial charge in [0.05, 0.1) is 15.9 Å². The Bertz CT molecular complexity index is 1080. The van der Waals surface area contributed by atoms with E-state index in [4.69, 9.17) is 0 Å². The summed E-state index contributed by atoms with van der Waals surface area (Å²) in [7, 11) is -3.78. The Balaban J connectivity index is 1.51. The number of halogens is 2. The van der Waals surface area contributed by atoms with E-state index in [2.05, 4.69) is 5.32 Å². The molecule has 1 atom stereocenters. The van der Waals surface area contributed by atoms with Crippen molar-refractivity contribution in [3.05, 3.63) is 60.2 Å². The van der Waals surface area contributed by atoms with E-state index in [9.17, 15) is 26.8 Å². The standard InChI is InChI=1S/C22H25F2N3O4S2/c1-16(32-15-21(28)25-19-7-3-17(23)4-8-19)22(29)26-11-2-12-27(14-13-26)33(30,31)20-9-5-18(24)6-10-20/h3-10,16H,2,11-15H2,1H3,(H,25,28). The number of benzene rings is 2. The molecule has 2 aromatic carbocycles. The summed E-state index contributed by atoms with van der Waals surface area (Å²) in [6, 6.07) is 10.1. The molecule has 2 amide bonds. The molecule has 1 aliphatic rings. The highest BCUT2D eigenvalue weighted by atomic mass is 32.2. The summed E-state index contributed by atoms with van der Waals surface area (Å²) >= 11 is 1.18. The van der Waals surface area contributed by atoms with E-state index in [1.165, 1.54) is 52.5 Å². The van der Waals surface area contributed by atoms with E-state index in [-0.39, 0.29) is 42.1 Å². The molecule has 33 heavy (non-hydrogen) atoms. The Kier molecular flexibility index (Phi) is 8.44. The van der Waals surface area contributed by atoms with Crippen LogP contribution in [0.1, 0.15) is 13.3 Å². The molecule has 0 radical (unpaired) electrons. The molecule has 7 nitrogen and oxygen atoms in total. The number of amides is 2. The van der Waals surface area contributed by atoms with E-state index in [0.717, 1.165) is 12.1 Å². The lowest BCUT2D eigenvalue weighted by molar-refractivity contribution is -0.130. The first-order valence-electron chi connectivity index (χ1n) is 10.4. The summed E-state index contributed by atoms with van der Waals surface area (Å²) in [5, 5.41) is 2.15. The first-order chi connectivity index (χ1) is 15.7. The lowest BCUT2D eigenvalue weighted by atomic mass is 10.3. The highest BCUT2D eigenvalue weighted by molar-refractivity contribution is 8.01. The van der Waals surface area contributed by atoms with Crippen LogP contribution in [0.3, 0.4) is 0 Å². The molecule has 1 aliphatic heterocycles. The van der Waals surface area contributed by atoms with Crippen molar-refractivity contribution in [2.24, 2.45) is 0 Å². The van der Waals surface area contributed by atoms with Crippen LogP contribution in [0.25, 0.3) is 0 Å². The zero-order chi connectivity index (χ0) is 24.0. The van der Waals surface area contributed by atoms with Gasteiger partial charge in [0.1, 0.15) is 11.6 Å². The predicted molar refractivity (Wildman–Crippen MR) is 123 cm³/mol. The van der Waals surface area contributed by atoms with Gasteiger partial charge in [-0.2, -0.15) is 4.31 Å². The van der Waals surface area contributed by atoms with Crippen LogP contribution in [0, 0.1) is 11.6 Å². The molecule has 11 heteroatoms. The molecule has 1 unspecified atom stereocenters. The van der Waals surface area contributed by atoms with E-state index < -0.39 is 26.9 Å². The maximum atomic E-state index is 13.1. The number of hydrogen-bond acceptors (Lipinski definition) is 5. The lowest BCUT2D eigenvalue weighted by Crippen LogP contribution is -2.40. The largest absolute Gasteiger partial charge is 0.340 e. The second-order valence-electron chi connectivity index (χ2n) is 7.55. The molecule has 178 valence electrons. The van der Waals surface area contributed by atoms with Gasteiger partial charge in [-0.05, 0) is 61.9 Å². The molecule has 1 saturated heterocycles. The van der Waals surface area contributed by atoms with Crippen LogP contribution in [0.4, 0.5) is 14.5 Å². The highest BCUT2D eigenvalue weighted by Gasteiger charge is 2.30. The number of carbonyl (C=O) groups is 2. The normalized spacial score (nSPS) is 16.2. The summed E-state index contributed by atoms with van der Waals surface area (Å²) in [6.07, 6.45) is 0.467. The minimum absolute atomic E-state index is 0.0137. The van der Waals surface area contributed by atoms with Gasteiger partial charge in [0.2, 0.25) is 21.8 Å². The van der Waals surface area contributed by atoms with E-state index in [1.807, 2.05) is 0 Å².